The van der Waals surface area contributed by atoms with Gasteiger partial charge in [0.1, 0.15) is 0 Å². The second kappa shape index (κ2) is 3.55. The van der Waals surface area contributed by atoms with Crippen LogP contribution in [0.2, 0.25) is 0 Å². The number of amides is 1. The summed E-state index contributed by atoms with van der Waals surface area (Å²) in [6.45, 7) is 0. The first-order valence-electron chi connectivity index (χ1n) is 4.36. The van der Waals surface area contributed by atoms with Crippen LogP contribution in [-0.4, -0.2) is 12.4 Å². The van der Waals surface area contributed by atoms with Gasteiger partial charge in [0, 0.05) is 12.1 Å². The third-order valence-corrected chi connectivity index (χ3v) is 2.25. The number of amidine groups is 1. The van der Waals surface area contributed by atoms with Crippen LogP contribution >= 0.6 is 0 Å². The normalized spacial score (nSPS) is 26.5. The minimum Gasteiger partial charge on any atom is -0.398 e. The van der Waals surface area contributed by atoms with Gasteiger partial charge in [0.15, 0.2) is 18.1 Å². The average Bonchev–Trinajstić information content (AvgIpc) is 2.74. The first kappa shape index (κ1) is 9.42. The summed E-state index contributed by atoms with van der Waals surface area (Å²) in [5, 5.41) is 3.46. The Hall–Kier alpha value is -2.14. The molecule has 0 aliphatic carbocycles. The molecule has 0 fully saturated rings. The van der Waals surface area contributed by atoms with Gasteiger partial charge in [-0.2, -0.15) is 0 Å². The second-order valence-corrected chi connectivity index (χ2v) is 3.03. The van der Waals surface area contributed by atoms with Gasteiger partial charge in [0.25, 0.3) is 0 Å². The molecule has 15 heavy (non-hydrogen) atoms. The van der Waals surface area contributed by atoms with Gasteiger partial charge in [-0.05, 0) is 0 Å². The van der Waals surface area contributed by atoms with Crippen LogP contribution < -0.4 is 10.3 Å². The molecule has 0 aromatic heterocycles. The van der Waals surface area contributed by atoms with Crippen LogP contribution in [0, 0.1) is 0 Å². The summed E-state index contributed by atoms with van der Waals surface area (Å²) in [4.78, 5) is 11.2. The molecule has 5 heteroatoms. The highest BCUT2D eigenvalue weighted by Gasteiger charge is 2.41. The van der Waals surface area contributed by atoms with Crippen LogP contribution in [0.5, 0.6) is 0 Å². The molecule has 76 valence electrons. The topological polar surface area (TPSA) is 64.7 Å². The first-order chi connectivity index (χ1) is 7.33. The lowest BCUT2D eigenvalue weighted by molar-refractivity contribution is -0.113. The van der Waals surface area contributed by atoms with Gasteiger partial charge in [-0.15, -0.1) is 4.48 Å². The highest BCUT2D eigenvalue weighted by atomic mass is 16.5. The van der Waals surface area contributed by atoms with E-state index in [0.29, 0.717) is 6.41 Å². The molecule has 0 saturated carbocycles. The van der Waals surface area contributed by atoms with Gasteiger partial charge in [-0.1, -0.05) is 23.3 Å². The van der Waals surface area contributed by atoms with E-state index in [9.17, 15) is 4.79 Å². The molecule has 1 aliphatic heterocycles. The molecule has 0 bridgehead atoms. The number of carbonyl (C=O) groups is 1. The molecule has 5 nitrogen and oxygen atoms in total. The number of rotatable bonds is 2. The SMILES string of the molecule is NN=C1OC=C[N+]1(C=O)c1ccccc1. The molecule has 0 spiro atoms. The summed E-state index contributed by atoms with van der Waals surface area (Å²) >= 11 is 0. The number of nitrogens with two attached hydrogens (primary N) is 1. The van der Waals surface area contributed by atoms with E-state index in [1.54, 1.807) is 18.3 Å². The smallest absolute Gasteiger partial charge is 0.398 e. The van der Waals surface area contributed by atoms with Crippen LogP contribution in [0.25, 0.3) is 0 Å². The standard InChI is InChI=1S/C10H10N3O2/c11-12-10-13(8-14,6-7-15-10)9-4-2-1-3-5-9/h1-8H,11H2/q+1. The van der Waals surface area contributed by atoms with Crippen molar-refractivity contribution in [2.45, 2.75) is 0 Å². The van der Waals surface area contributed by atoms with Crippen molar-refractivity contribution in [3.63, 3.8) is 0 Å². The zero-order valence-corrected chi connectivity index (χ0v) is 7.91. The molecule has 2 rings (SSSR count). The van der Waals surface area contributed by atoms with E-state index in [-0.39, 0.29) is 10.5 Å². The second-order valence-electron chi connectivity index (χ2n) is 3.03. The van der Waals surface area contributed by atoms with Gasteiger partial charge in [0.2, 0.25) is 0 Å². The van der Waals surface area contributed by atoms with Crippen molar-refractivity contribution in [2.75, 3.05) is 0 Å². The molecule has 2 N–H and O–H groups in total. The van der Waals surface area contributed by atoms with Crippen LogP contribution in [0.1, 0.15) is 0 Å². The van der Waals surface area contributed by atoms with E-state index in [1.165, 1.54) is 6.26 Å². The lowest BCUT2D eigenvalue weighted by Crippen LogP contribution is -2.46. The fourth-order valence-corrected chi connectivity index (χ4v) is 1.48. The number of quaternary nitrogens is 1. The Balaban J connectivity index is 2.56. The van der Waals surface area contributed by atoms with E-state index in [1.807, 2.05) is 18.2 Å². The number of benzene rings is 1. The predicted molar refractivity (Wildman–Crippen MR) is 56.1 cm³/mol. The van der Waals surface area contributed by atoms with Gasteiger partial charge in [-0.3, -0.25) is 0 Å². The van der Waals surface area contributed by atoms with E-state index >= 15 is 0 Å². The van der Waals surface area contributed by atoms with E-state index in [4.69, 9.17) is 10.6 Å². The van der Waals surface area contributed by atoms with Crippen molar-refractivity contribution in [3.05, 3.63) is 42.8 Å². The Kier molecular flexibility index (Phi) is 2.23. The fraction of sp³-hybridized carbons (Fsp3) is 0. The van der Waals surface area contributed by atoms with Crippen LogP contribution in [0.15, 0.2) is 47.9 Å². The summed E-state index contributed by atoms with van der Waals surface area (Å²) in [7, 11) is 0. The number of hydrogen-bond acceptors (Lipinski definition) is 4. The van der Waals surface area contributed by atoms with Crippen molar-refractivity contribution in [1.82, 2.24) is 4.48 Å². The molecule has 0 radical (unpaired) electrons. The zero-order chi connectivity index (χ0) is 10.7. The molecule has 1 aromatic rings. The third kappa shape index (κ3) is 1.29. The maximum absolute atomic E-state index is 11.2. The Labute approximate surface area is 86.6 Å². The van der Waals surface area contributed by atoms with Crippen LogP contribution in [0.4, 0.5) is 5.69 Å². The van der Waals surface area contributed by atoms with Gasteiger partial charge in [-0.25, -0.2) is 4.79 Å². The number of nitrogens with zero attached hydrogens (tertiary/aromatic N) is 2. The van der Waals surface area contributed by atoms with E-state index in [2.05, 4.69) is 5.10 Å². The van der Waals surface area contributed by atoms with Gasteiger partial charge < -0.3 is 10.6 Å². The molecule has 1 aromatic carbocycles. The average molecular weight is 204 g/mol. The zero-order valence-electron chi connectivity index (χ0n) is 7.91. The highest BCUT2D eigenvalue weighted by molar-refractivity contribution is 6.02. The lowest BCUT2D eigenvalue weighted by Gasteiger charge is -2.19. The summed E-state index contributed by atoms with van der Waals surface area (Å²) < 4.78 is 4.81. The molecule has 0 saturated heterocycles. The fourth-order valence-electron chi connectivity index (χ4n) is 1.48. The number of hydrogen-bond donors (Lipinski definition) is 1. The monoisotopic (exact) mass is 204 g/mol. The Morgan fingerprint density at radius 2 is 2.07 bits per heavy atom. The summed E-state index contributed by atoms with van der Waals surface area (Å²) in [6, 6.07) is 9.27. The number of para-hydroxylation sites is 1. The molecule has 1 aliphatic rings. The maximum atomic E-state index is 11.2. The lowest BCUT2D eigenvalue weighted by atomic mass is 10.3. The van der Waals surface area contributed by atoms with E-state index < -0.39 is 0 Å². The Morgan fingerprint density at radius 1 is 1.33 bits per heavy atom. The Morgan fingerprint density at radius 3 is 2.67 bits per heavy atom. The van der Waals surface area contributed by atoms with Gasteiger partial charge >= 0.3 is 12.4 Å². The molecule has 1 unspecified atom stereocenters. The van der Waals surface area contributed by atoms with Gasteiger partial charge in [0.05, 0.1) is 0 Å². The van der Waals surface area contributed by atoms with Crippen LogP contribution in [0.3, 0.4) is 0 Å². The molecule has 1 amide bonds. The Bertz CT molecular complexity index is 428. The number of hydrazone groups is 1. The molecule has 1 atom stereocenters. The van der Waals surface area contributed by atoms with Crippen molar-refractivity contribution >= 4 is 18.1 Å². The van der Waals surface area contributed by atoms with Crippen molar-refractivity contribution < 1.29 is 9.53 Å². The molecule has 1 heterocycles. The number of carbonyl (C=O) groups excluding carboxylic acids is 1. The molecular formula is C10H10N3O2+. The van der Waals surface area contributed by atoms with Crippen molar-refractivity contribution in [1.29, 1.82) is 0 Å². The van der Waals surface area contributed by atoms with E-state index in [0.717, 1.165) is 5.69 Å². The quantitative estimate of drug-likeness (QED) is 0.336. The first-order valence-corrected chi connectivity index (χ1v) is 4.36. The predicted octanol–water partition coefficient (Wildman–Crippen LogP) is 0.881. The number of ether oxygens (including phenoxy) is 1. The summed E-state index contributed by atoms with van der Waals surface area (Å²) in [5.41, 5.74) is 0.727. The maximum Gasteiger partial charge on any atom is 0.438 e. The third-order valence-electron chi connectivity index (χ3n) is 2.25. The summed E-state index contributed by atoms with van der Waals surface area (Å²) in [5.74, 6) is 5.17. The summed E-state index contributed by atoms with van der Waals surface area (Å²) in [6.07, 6.45) is 3.69. The minimum absolute atomic E-state index is 0.135. The van der Waals surface area contributed by atoms with Crippen molar-refractivity contribution in [3.8, 4) is 0 Å². The minimum atomic E-state index is -0.239. The van der Waals surface area contributed by atoms with Crippen LogP contribution in [-0.2, 0) is 9.53 Å². The highest BCUT2D eigenvalue weighted by Crippen LogP contribution is 2.26. The largest absolute Gasteiger partial charge is 0.438 e. The molecular weight excluding hydrogens is 194 g/mol. The van der Waals surface area contributed by atoms with Crippen molar-refractivity contribution in [2.24, 2.45) is 10.9 Å².